The van der Waals surface area contributed by atoms with Crippen LogP contribution in [0.1, 0.15) is 39.0 Å². The van der Waals surface area contributed by atoms with Gasteiger partial charge in [0.25, 0.3) is 0 Å². The van der Waals surface area contributed by atoms with Crippen LogP contribution < -0.4 is 10.6 Å². The third-order valence-corrected chi connectivity index (χ3v) is 3.60. The van der Waals surface area contributed by atoms with Crippen LogP contribution in [0.25, 0.3) is 0 Å². The second-order valence-corrected chi connectivity index (χ2v) is 5.30. The Morgan fingerprint density at radius 2 is 1.95 bits per heavy atom. The first-order chi connectivity index (χ1) is 9.02. The number of nitrogens with zero attached hydrogens (tertiary/aromatic N) is 1. The Bertz CT molecular complexity index is 290. The van der Waals surface area contributed by atoms with Crippen LogP contribution in [-0.2, 0) is 4.79 Å². The minimum absolute atomic E-state index is 0.0158. The van der Waals surface area contributed by atoms with Crippen molar-refractivity contribution in [2.75, 3.05) is 20.2 Å². The standard InChI is InChI=1S/C13H25N3O3/c1-10(9-17)16(2)8-12(18)15-13(19)14-11-6-4-3-5-7-11/h10-11,17H,3-9H2,1-2H3,(H2,14,15,18,19). The van der Waals surface area contributed by atoms with Crippen molar-refractivity contribution in [2.24, 2.45) is 0 Å². The maximum atomic E-state index is 11.6. The minimum Gasteiger partial charge on any atom is -0.395 e. The molecule has 1 fully saturated rings. The molecular weight excluding hydrogens is 246 g/mol. The lowest BCUT2D eigenvalue weighted by molar-refractivity contribution is -0.121. The van der Waals surface area contributed by atoms with E-state index in [1.807, 2.05) is 6.92 Å². The van der Waals surface area contributed by atoms with Crippen LogP contribution in [0.5, 0.6) is 0 Å². The predicted octanol–water partition coefficient (Wildman–Crippen LogP) is 0.458. The van der Waals surface area contributed by atoms with Gasteiger partial charge < -0.3 is 10.4 Å². The number of hydrogen-bond acceptors (Lipinski definition) is 4. The van der Waals surface area contributed by atoms with E-state index in [1.165, 1.54) is 6.42 Å². The molecule has 0 aromatic carbocycles. The molecule has 0 heterocycles. The number of nitrogens with one attached hydrogen (secondary N) is 2. The van der Waals surface area contributed by atoms with E-state index in [2.05, 4.69) is 10.6 Å². The number of amides is 3. The van der Waals surface area contributed by atoms with Crippen molar-refractivity contribution in [3.05, 3.63) is 0 Å². The van der Waals surface area contributed by atoms with Gasteiger partial charge in [-0.2, -0.15) is 0 Å². The largest absolute Gasteiger partial charge is 0.395 e. The molecule has 6 heteroatoms. The Balaban J connectivity index is 2.25. The number of rotatable bonds is 5. The summed E-state index contributed by atoms with van der Waals surface area (Å²) in [6.45, 7) is 1.90. The molecule has 1 saturated carbocycles. The molecule has 3 N–H and O–H groups in total. The number of aliphatic hydroxyl groups is 1. The van der Waals surface area contributed by atoms with Crippen molar-refractivity contribution in [3.8, 4) is 0 Å². The van der Waals surface area contributed by atoms with E-state index in [0.717, 1.165) is 25.7 Å². The molecule has 3 amide bonds. The minimum atomic E-state index is -0.415. The molecule has 1 aliphatic carbocycles. The lowest BCUT2D eigenvalue weighted by Gasteiger charge is -2.24. The smallest absolute Gasteiger partial charge is 0.321 e. The van der Waals surface area contributed by atoms with Gasteiger partial charge in [0, 0.05) is 12.1 Å². The highest BCUT2D eigenvalue weighted by molar-refractivity contribution is 5.95. The van der Waals surface area contributed by atoms with E-state index in [9.17, 15) is 9.59 Å². The molecule has 0 radical (unpaired) electrons. The van der Waals surface area contributed by atoms with Gasteiger partial charge in [0.1, 0.15) is 0 Å². The van der Waals surface area contributed by atoms with Crippen molar-refractivity contribution in [1.82, 2.24) is 15.5 Å². The quantitative estimate of drug-likeness (QED) is 0.678. The molecule has 110 valence electrons. The van der Waals surface area contributed by atoms with Crippen LogP contribution >= 0.6 is 0 Å². The molecule has 1 atom stereocenters. The van der Waals surface area contributed by atoms with E-state index in [1.54, 1.807) is 11.9 Å². The van der Waals surface area contributed by atoms with E-state index < -0.39 is 6.03 Å². The summed E-state index contributed by atoms with van der Waals surface area (Å²) in [5.74, 6) is -0.351. The average Bonchev–Trinajstić information content (AvgIpc) is 2.38. The van der Waals surface area contributed by atoms with Crippen LogP contribution in [0.15, 0.2) is 0 Å². The van der Waals surface area contributed by atoms with Gasteiger partial charge in [0.15, 0.2) is 0 Å². The summed E-state index contributed by atoms with van der Waals surface area (Å²) in [5.41, 5.74) is 0. The van der Waals surface area contributed by atoms with E-state index >= 15 is 0 Å². The molecule has 0 aromatic rings. The lowest BCUT2D eigenvalue weighted by Crippen LogP contribution is -2.48. The Kier molecular flexibility index (Phi) is 6.80. The summed E-state index contributed by atoms with van der Waals surface area (Å²) in [7, 11) is 1.74. The third kappa shape index (κ3) is 6.02. The van der Waals surface area contributed by atoms with Crippen molar-refractivity contribution >= 4 is 11.9 Å². The third-order valence-electron chi connectivity index (χ3n) is 3.60. The molecule has 0 aromatic heterocycles. The van der Waals surface area contributed by atoms with Crippen molar-refractivity contribution in [2.45, 2.75) is 51.1 Å². The Hall–Kier alpha value is -1.14. The van der Waals surface area contributed by atoms with Gasteiger partial charge in [-0.25, -0.2) is 4.79 Å². The topological polar surface area (TPSA) is 81.7 Å². The number of hydrogen-bond donors (Lipinski definition) is 3. The number of likely N-dealkylation sites (N-methyl/N-ethyl adjacent to an activating group) is 1. The summed E-state index contributed by atoms with van der Waals surface area (Å²) in [5, 5.41) is 14.1. The van der Waals surface area contributed by atoms with Crippen molar-refractivity contribution in [3.63, 3.8) is 0 Å². The fourth-order valence-corrected chi connectivity index (χ4v) is 2.16. The fraction of sp³-hybridized carbons (Fsp3) is 0.846. The molecular formula is C13H25N3O3. The molecule has 0 saturated heterocycles. The molecule has 6 nitrogen and oxygen atoms in total. The van der Waals surface area contributed by atoms with Gasteiger partial charge in [-0.05, 0) is 26.8 Å². The maximum Gasteiger partial charge on any atom is 0.321 e. The number of urea groups is 1. The zero-order valence-electron chi connectivity index (χ0n) is 11.8. The van der Waals surface area contributed by atoms with Gasteiger partial charge in [-0.1, -0.05) is 19.3 Å². The monoisotopic (exact) mass is 271 g/mol. The van der Waals surface area contributed by atoms with Crippen LogP contribution in [0.3, 0.4) is 0 Å². The molecule has 1 rings (SSSR count). The zero-order valence-corrected chi connectivity index (χ0v) is 11.8. The summed E-state index contributed by atoms with van der Waals surface area (Å²) in [6, 6.07) is -0.329. The second-order valence-electron chi connectivity index (χ2n) is 5.30. The number of aliphatic hydroxyl groups excluding tert-OH is 1. The number of carbonyl (C=O) groups excluding carboxylic acids is 2. The highest BCUT2D eigenvalue weighted by Crippen LogP contribution is 2.17. The summed E-state index contributed by atoms with van der Waals surface area (Å²) in [4.78, 5) is 25.0. The maximum absolute atomic E-state index is 11.6. The summed E-state index contributed by atoms with van der Waals surface area (Å²) in [6.07, 6.45) is 5.47. The Morgan fingerprint density at radius 3 is 2.53 bits per heavy atom. The Labute approximate surface area is 114 Å². The summed E-state index contributed by atoms with van der Waals surface area (Å²) < 4.78 is 0. The van der Waals surface area contributed by atoms with Gasteiger partial charge in [-0.15, -0.1) is 0 Å². The highest BCUT2D eigenvalue weighted by atomic mass is 16.3. The summed E-state index contributed by atoms with van der Waals surface area (Å²) >= 11 is 0. The van der Waals surface area contributed by atoms with Crippen LogP contribution in [0, 0.1) is 0 Å². The van der Waals surface area contributed by atoms with Gasteiger partial charge in [-0.3, -0.25) is 15.0 Å². The predicted molar refractivity (Wildman–Crippen MR) is 72.7 cm³/mol. The van der Waals surface area contributed by atoms with Gasteiger partial charge >= 0.3 is 6.03 Å². The molecule has 1 aliphatic rings. The van der Waals surface area contributed by atoms with Crippen molar-refractivity contribution in [1.29, 1.82) is 0 Å². The highest BCUT2D eigenvalue weighted by Gasteiger charge is 2.18. The first kappa shape index (κ1) is 15.9. The number of carbonyl (C=O) groups is 2. The molecule has 0 bridgehead atoms. The molecule has 0 aliphatic heterocycles. The van der Waals surface area contributed by atoms with Crippen LogP contribution in [0.4, 0.5) is 4.79 Å². The molecule has 1 unspecified atom stereocenters. The fourth-order valence-electron chi connectivity index (χ4n) is 2.16. The second kappa shape index (κ2) is 8.12. The first-order valence-corrected chi connectivity index (χ1v) is 6.94. The lowest BCUT2D eigenvalue weighted by atomic mass is 9.96. The van der Waals surface area contributed by atoms with Crippen LogP contribution in [-0.4, -0.2) is 54.2 Å². The van der Waals surface area contributed by atoms with Gasteiger partial charge in [0.2, 0.25) is 5.91 Å². The average molecular weight is 271 g/mol. The number of imide groups is 1. The first-order valence-electron chi connectivity index (χ1n) is 6.94. The van der Waals surface area contributed by atoms with E-state index in [-0.39, 0.29) is 31.1 Å². The van der Waals surface area contributed by atoms with E-state index in [0.29, 0.717) is 0 Å². The normalized spacial score (nSPS) is 18.1. The SMILES string of the molecule is CC(CO)N(C)CC(=O)NC(=O)NC1CCCCC1. The van der Waals surface area contributed by atoms with E-state index in [4.69, 9.17) is 5.11 Å². The van der Waals surface area contributed by atoms with Crippen molar-refractivity contribution < 1.29 is 14.7 Å². The molecule has 19 heavy (non-hydrogen) atoms. The van der Waals surface area contributed by atoms with Crippen LogP contribution in [0.2, 0.25) is 0 Å². The van der Waals surface area contributed by atoms with Gasteiger partial charge in [0.05, 0.1) is 13.2 Å². The Morgan fingerprint density at radius 1 is 1.32 bits per heavy atom. The molecule has 0 spiro atoms. The zero-order chi connectivity index (χ0) is 14.3.